The second-order valence-electron chi connectivity index (χ2n) is 6.95. The molecule has 2 fully saturated rings. The van der Waals surface area contributed by atoms with Gasteiger partial charge in [-0.15, -0.1) is 0 Å². The van der Waals surface area contributed by atoms with Crippen molar-refractivity contribution in [3.05, 3.63) is 29.3 Å². The molecule has 2 N–H and O–H groups in total. The number of urea groups is 1. The molecule has 2 aliphatic rings. The third-order valence-corrected chi connectivity index (χ3v) is 5.02. The van der Waals surface area contributed by atoms with E-state index in [0.717, 1.165) is 44.6 Å². The van der Waals surface area contributed by atoms with Crippen LogP contribution in [0.3, 0.4) is 0 Å². The lowest BCUT2D eigenvalue weighted by atomic mass is 10.0. The maximum absolute atomic E-state index is 12.2. The molecule has 0 aromatic heterocycles. The fourth-order valence-corrected chi connectivity index (χ4v) is 3.51. The van der Waals surface area contributed by atoms with Crippen molar-refractivity contribution in [2.75, 3.05) is 31.6 Å². The molecule has 0 saturated carbocycles. The molecule has 0 unspecified atom stereocenters. The molecule has 6 nitrogen and oxygen atoms in total. The Labute approximate surface area is 149 Å². The number of nitrogens with zero attached hydrogens (tertiary/aromatic N) is 2. The number of ether oxygens (including phenoxy) is 1. The van der Waals surface area contributed by atoms with Gasteiger partial charge >= 0.3 is 6.03 Å². The Morgan fingerprint density at radius 3 is 2.84 bits per heavy atom. The molecule has 2 amide bonds. The van der Waals surface area contributed by atoms with Crippen molar-refractivity contribution in [1.29, 1.82) is 5.26 Å². The van der Waals surface area contributed by atoms with Gasteiger partial charge in [0.15, 0.2) is 0 Å². The normalized spacial score (nSPS) is 21.7. The van der Waals surface area contributed by atoms with E-state index in [1.807, 2.05) is 19.1 Å². The Morgan fingerprint density at radius 2 is 2.16 bits per heavy atom. The molecule has 134 valence electrons. The summed E-state index contributed by atoms with van der Waals surface area (Å²) in [6, 6.07) is 7.50. The minimum atomic E-state index is -0.203. The quantitative estimate of drug-likeness (QED) is 0.882. The largest absolute Gasteiger partial charge is 0.377 e. The van der Waals surface area contributed by atoms with Crippen LogP contribution in [0.5, 0.6) is 0 Å². The van der Waals surface area contributed by atoms with E-state index >= 15 is 0 Å². The molecule has 6 heteroatoms. The van der Waals surface area contributed by atoms with Gasteiger partial charge in [0.05, 0.1) is 17.7 Å². The van der Waals surface area contributed by atoms with Gasteiger partial charge in [0.2, 0.25) is 0 Å². The molecule has 0 bridgehead atoms. The monoisotopic (exact) mass is 342 g/mol. The number of nitrogens with one attached hydrogen (secondary N) is 2. The number of likely N-dealkylation sites (tertiary alicyclic amines) is 1. The van der Waals surface area contributed by atoms with Crippen molar-refractivity contribution in [1.82, 2.24) is 10.2 Å². The van der Waals surface area contributed by atoms with Gasteiger partial charge in [-0.3, -0.25) is 0 Å². The van der Waals surface area contributed by atoms with Crippen molar-refractivity contribution in [3.8, 4) is 6.07 Å². The number of benzene rings is 1. The highest BCUT2D eigenvalue weighted by Crippen LogP contribution is 2.18. The highest BCUT2D eigenvalue weighted by molar-refractivity contribution is 5.89. The minimum Gasteiger partial charge on any atom is -0.377 e. The zero-order valence-corrected chi connectivity index (χ0v) is 14.8. The van der Waals surface area contributed by atoms with Crippen LogP contribution in [-0.4, -0.2) is 49.3 Å². The Hall–Kier alpha value is -2.10. The lowest BCUT2D eigenvalue weighted by Gasteiger charge is -2.33. The summed E-state index contributed by atoms with van der Waals surface area (Å²) >= 11 is 0. The number of aryl methyl sites for hydroxylation is 1. The summed E-state index contributed by atoms with van der Waals surface area (Å²) in [5.74, 6) is 0. The van der Waals surface area contributed by atoms with Gasteiger partial charge in [-0.25, -0.2) is 4.79 Å². The number of carbonyl (C=O) groups is 1. The van der Waals surface area contributed by atoms with Gasteiger partial charge in [0, 0.05) is 38.0 Å². The molecule has 2 saturated heterocycles. The van der Waals surface area contributed by atoms with Crippen LogP contribution >= 0.6 is 0 Å². The minimum absolute atomic E-state index is 0.196. The summed E-state index contributed by atoms with van der Waals surface area (Å²) in [6.07, 6.45) is 4.65. The van der Waals surface area contributed by atoms with Crippen LogP contribution in [0.15, 0.2) is 18.2 Å². The van der Waals surface area contributed by atoms with Crippen molar-refractivity contribution < 1.29 is 9.53 Å². The highest BCUT2D eigenvalue weighted by atomic mass is 16.5. The number of anilines is 1. The average molecular weight is 342 g/mol. The van der Waals surface area contributed by atoms with Crippen LogP contribution in [0.2, 0.25) is 0 Å². The van der Waals surface area contributed by atoms with E-state index < -0.39 is 0 Å². The van der Waals surface area contributed by atoms with E-state index in [0.29, 0.717) is 17.4 Å². The second-order valence-corrected chi connectivity index (χ2v) is 6.95. The van der Waals surface area contributed by atoms with Crippen molar-refractivity contribution in [2.45, 2.75) is 44.8 Å². The SMILES string of the molecule is Cc1ccc(NC(=O)NC2CCN(C[C@H]3CCCO3)CC2)cc1C#N. The summed E-state index contributed by atoms with van der Waals surface area (Å²) in [7, 11) is 0. The van der Waals surface area contributed by atoms with Crippen LogP contribution in [0.1, 0.15) is 36.8 Å². The predicted octanol–water partition coefficient (Wildman–Crippen LogP) is 2.63. The Morgan fingerprint density at radius 1 is 1.36 bits per heavy atom. The summed E-state index contributed by atoms with van der Waals surface area (Å²) in [5.41, 5.74) is 2.14. The van der Waals surface area contributed by atoms with Crippen molar-refractivity contribution in [2.24, 2.45) is 0 Å². The number of rotatable bonds is 4. The smallest absolute Gasteiger partial charge is 0.319 e. The summed E-state index contributed by atoms with van der Waals surface area (Å²) in [4.78, 5) is 14.6. The van der Waals surface area contributed by atoms with Crippen LogP contribution in [0.25, 0.3) is 0 Å². The van der Waals surface area contributed by atoms with Gasteiger partial charge in [-0.05, 0) is 50.3 Å². The lowest BCUT2D eigenvalue weighted by Crippen LogP contribution is -2.47. The van der Waals surface area contributed by atoms with Crippen LogP contribution in [0, 0.1) is 18.3 Å². The molecule has 3 rings (SSSR count). The topological polar surface area (TPSA) is 77.4 Å². The zero-order valence-electron chi connectivity index (χ0n) is 14.8. The van der Waals surface area contributed by atoms with Gasteiger partial charge in [0.25, 0.3) is 0 Å². The molecule has 25 heavy (non-hydrogen) atoms. The molecule has 0 aliphatic carbocycles. The lowest BCUT2D eigenvalue weighted by molar-refractivity contribution is 0.0633. The first-order valence-corrected chi connectivity index (χ1v) is 9.06. The number of piperidine rings is 1. The number of amides is 2. The van der Waals surface area contributed by atoms with Crippen LogP contribution in [-0.2, 0) is 4.74 Å². The molecular weight excluding hydrogens is 316 g/mol. The molecule has 0 spiro atoms. The Bertz CT molecular complexity index is 641. The van der Waals surface area contributed by atoms with E-state index in [4.69, 9.17) is 10.00 Å². The van der Waals surface area contributed by atoms with Gasteiger partial charge in [-0.1, -0.05) is 6.07 Å². The fraction of sp³-hybridized carbons (Fsp3) is 0.579. The van der Waals surface area contributed by atoms with Gasteiger partial charge in [0.1, 0.15) is 0 Å². The van der Waals surface area contributed by atoms with Crippen LogP contribution in [0.4, 0.5) is 10.5 Å². The predicted molar refractivity (Wildman–Crippen MR) is 96.5 cm³/mol. The Kier molecular flexibility index (Phi) is 5.90. The first kappa shape index (κ1) is 17.7. The third-order valence-electron chi connectivity index (χ3n) is 5.02. The molecule has 1 atom stereocenters. The van der Waals surface area contributed by atoms with Crippen molar-refractivity contribution >= 4 is 11.7 Å². The summed E-state index contributed by atoms with van der Waals surface area (Å²) < 4.78 is 5.70. The molecule has 1 aromatic carbocycles. The van der Waals surface area contributed by atoms with Gasteiger partial charge < -0.3 is 20.3 Å². The maximum atomic E-state index is 12.2. The first-order valence-electron chi connectivity index (χ1n) is 9.06. The molecule has 2 aliphatic heterocycles. The van der Waals surface area contributed by atoms with Crippen molar-refractivity contribution in [3.63, 3.8) is 0 Å². The Balaban J connectivity index is 1.42. The standard InChI is InChI=1S/C19H26N4O2/c1-14-4-5-17(11-15(14)12-20)22-19(24)21-16-6-8-23(9-7-16)13-18-3-2-10-25-18/h4-5,11,16,18H,2-3,6-10,13H2,1H3,(H2,21,22,24)/t18-/m1/s1. The zero-order chi connectivity index (χ0) is 17.6. The molecule has 2 heterocycles. The van der Waals surface area contributed by atoms with Gasteiger partial charge in [-0.2, -0.15) is 5.26 Å². The third kappa shape index (κ3) is 4.94. The number of hydrogen-bond acceptors (Lipinski definition) is 4. The van der Waals surface area contributed by atoms with E-state index in [9.17, 15) is 4.79 Å². The number of carbonyl (C=O) groups excluding carboxylic acids is 1. The fourth-order valence-electron chi connectivity index (χ4n) is 3.51. The number of hydrogen-bond donors (Lipinski definition) is 2. The van der Waals surface area contributed by atoms with E-state index in [-0.39, 0.29) is 12.1 Å². The first-order chi connectivity index (χ1) is 12.1. The molecular formula is C19H26N4O2. The molecule has 1 aromatic rings. The number of nitriles is 1. The summed E-state index contributed by atoms with van der Waals surface area (Å²) in [6.45, 7) is 5.78. The van der Waals surface area contributed by atoms with E-state index in [1.165, 1.54) is 12.8 Å². The summed E-state index contributed by atoms with van der Waals surface area (Å²) in [5, 5.41) is 14.9. The van der Waals surface area contributed by atoms with E-state index in [2.05, 4.69) is 21.6 Å². The van der Waals surface area contributed by atoms with Crippen LogP contribution < -0.4 is 10.6 Å². The van der Waals surface area contributed by atoms with E-state index in [1.54, 1.807) is 6.07 Å². The maximum Gasteiger partial charge on any atom is 0.319 e. The average Bonchev–Trinajstić information content (AvgIpc) is 3.11. The molecule has 0 radical (unpaired) electrons. The highest BCUT2D eigenvalue weighted by Gasteiger charge is 2.24. The second kappa shape index (κ2) is 8.32.